The average Bonchev–Trinajstić information content (AvgIpc) is 3.48. The van der Waals surface area contributed by atoms with Gasteiger partial charge in [0, 0.05) is 58.0 Å². The molecule has 39 heavy (non-hydrogen) atoms. The van der Waals surface area contributed by atoms with Crippen LogP contribution in [0.15, 0.2) is 59.5 Å². The van der Waals surface area contributed by atoms with Gasteiger partial charge in [0.05, 0.1) is 11.3 Å². The van der Waals surface area contributed by atoms with Crippen LogP contribution < -0.4 is 0 Å². The van der Waals surface area contributed by atoms with Crippen molar-refractivity contribution in [1.82, 2.24) is 14.7 Å². The molecule has 2 aromatic rings. The predicted octanol–water partition coefficient (Wildman–Crippen LogP) is 4.31. The van der Waals surface area contributed by atoms with Crippen LogP contribution >= 0.6 is 0 Å². The number of ether oxygens (including phenoxy) is 1. The largest absolute Gasteiger partial charge is 0.441 e. The molecule has 0 aliphatic carbocycles. The molecule has 0 radical (unpaired) electrons. The fraction of sp³-hybridized carbons (Fsp3) is 0.533. The zero-order valence-corrected chi connectivity index (χ0v) is 23.9. The number of carbonyl (C=O) groups is 2. The third-order valence-electron chi connectivity index (χ3n) is 7.85. The number of amides is 2. The highest BCUT2D eigenvalue weighted by molar-refractivity contribution is 7.90. The first-order valence-corrected chi connectivity index (χ1v) is 15.9. The molecule has 2 heterocycles. The van der Waals surface area contributed by atoms with Crippen LogP contribution in [0, 0.1) is 0 Å². The molecular formula is C30H41N3O5S. The average molecular weight is 556 g/mol. The number of likely N-dealkylation sites (N-methyl/N-ethyl adjacent to an activating group) is 1. The normalized spacial score (nSPS) is 17.6. The SMILES string of the molecule is CCN(C(=O)Cc1ccc(S(C)(=O)=O)cc1)C1CCN(CCC(OC(=O)N2CCCC2)c2ccccc2)CC1. The van der Waals surface area contributed by atoms with Gasteiger partial charge in [-0.2, -0.15) is 0 Å². The number of sulfone groups is 1. The summed E-state index contributed by atoms with van der Waals surface area (Å²) < 4.78 is 29.4. The number of hydrogen-bond donors (Lipinski definition) is 0. The van der Waals surface area contributed by atoms with E-state index < -0.39 is 9.84 Å². The van der Waals surface area contributed by atoms with Crippen LogP contribution in [0.25, 0.3) is 0 Å². The van der Waals surface area contributed by atoms with Gasteiger partial charge in [0.15, 0.2) is 9.84 Å². The smallest absolute Gasteiger partial charge is 0.410 e. The van der Waals surface area contributed by atoms with Crippen LogP contribution in [0.1, 0.15) is 56.3 Å². The zero-order chi connectivity index (χ0) is 27.8. The van der Waals surface area contributed by atoms with Gasteiger partial charge in [-0.15, -0.1) is 0 Å². The maximum Gasteiger partial charge on any atom is 0.410 e. The summed E-state index contributed by atoms with van der Waals surface area (Å²) in [5.41, 5.74) is 1.84. The van der Waals surface area contributed by atoms with Gasteiger partial charge in [0.1, 0.15) is 6.10 Å². The van der Waals surface area contributed by atoms with Gasteiger partial charge in [-0.1, -0.05) is 42.5 Å². The molecule has 2 aliphatic rings. The van der Waals surface area contributed by atoms with Crippen molar-refractivity contribution >= 4 is 21.8 Å². The van der Waals surface area contributed by atoms with E-state index in [1.807, 2.05) is 42.2 Å². The number of piperidine rings is 1. The molecule has 2 saturated heterocycles. The fourth-order valence-corrected chi connectivity index (χ4v) is 6.21. The lowest BCUT2D eigenvalue weighted by molar-refractivity contribution is -0.133. The number of nitrogens with zero attached hydrogens (tertiary/aromatic N) is 3. The van der Waals surface area contributed by atoms with Crippen LogP contribution in [-0.4, -0.2) is 86.7 Å². The molecule has 0 saturated carbocycles. The Hall–Kier alpha value is -2.91. The minimum Gasteiger partial charge on any atom is -0.441 e. The lowest BCUT2D eigenvalue weighted by Crippen LogP contribution is -2.48. The third-order valence-corrected chi connectivity index (χ3v) is 8.98. The minimum absolute atomic E-state index is 0.0704. The van der Waals surface area contributed by atoms with E-state index in [2.05, 4.69) is 4.90 Å². The summed E-state index contributed by atoms with van der Waals surface area (Å²) in [5.74, 6) is 0.0704. The molecule has 2 amide bonds. The molecule has 1 unspecified atom stereocenters. The summed E-state index contributed by atoms with van der Waals surface area (Å²) in [6.45, 7) is 6.80. The Morgan fingerprint density at radius 2 is 1.62 bits per heavy atom. The van der Waals surface area contributed by atoms with E-state index in [-0.39, 0.29) is 35.5 Å². The van der Waals surface area contributed by atoms with E-state index in [1.165, 1.54) is 6.26 Å². The van der Waals surface area contributed by atoms with Gasteiger partial charge in [0.25, 0.3) is 0 Å². The third kappa shape index (κ3) is 8.05. The van der Waals surface area contributed by atoms with E-state index in [1.54, 1.807) is 29.2 Å². The summed E-state index contributed by atoms with van der Waals surface area (Å²) in [6, 6.07) is 16.7. The standard InChI is InChI=1S/C30H41N3O5S/c1-3-33(29(34)23-24-11-13-27(14-12-24)39(2,36)37)26-15-20-31(21-16-26)22-17-28(25-9-5-4-6-10-25)38-30(35)32-18-7-8-19-32/h4-6,9-14,26,28H,3,7-8,15-23H2,1-2H3. The highest BCUT2D eigenvalue weighted by Crippen LogP contribution is 2.25. The molecule has 2 aromatic carbocycles. The molecular weight excluding hydrogens is 514 g/mol. The van der Waals surface area contributed by atoms with Crippen LogP contribution in [-0.2, 0) is 25.8 Å². The second-order valence-corrected chi connectivity index (χ2v) is 12.6. The fourth-order valence-electron chi connectivity index (χ4n) is 5.58. The van der Waals surface area contributed by atoms with Crippen molar-refractivity contribution in [2.24, 2.45) is 0 Å². The second-order valence-electron chi connectivity index (χ2n) is 10.6. The summed E-state index contributed by atoms with van der Waals surface area (Å²) in [6.07, 6.45) is 5.55. The maximum absolute atomic E-state index is 13.1. The molecule has 8 nitrogen and oxygen atoms in total. The molecule has 0 aromatic heterocycles. The number of rotatable bonds is 10. The molecule has 212 valence electrons. The number of carbonyl (C=O) groups excluding carboxylic acids is 2. The predicted molar refractivity (Wildman–Crippen MR) is 151 cm³/mol. The van der Waals surface area contributed by atoms with Crippen molar-refractivity contribution in [3.05, 3.63) is 65.7 Å². The maximum atomic E-state index is 13.1. The van der Waals surface area contributed by atoms with Gasteiger partial charge < -0.3 is 19.4 Å². The highest BCUT2D eigenvalue weighted by Gasteiger charge is 2.29. The number of hydrogen-bond acceptors (Lipinski definition) is 6. The van der Waals surface area contributed by atoms with E-state index in [9.17, 15) is 18.0 Å². The van der Waals surface area contributed by atoms with E-state index >= 15 is 0 Å². The number of likely N-dealkylation sites (tertiary alicyclic amines) is 2. The van der Waals surface area contributed by atoms with Crippen molar-refractivity contribution in [3.63, 3.8) is 0 Å². The first kappa shape index (κ1) is 29.1. The van der Waals surface area contributed by atoms with Gasteiger partial charge in [0.2, 0.25) is 5.91 Å². The van der Waals surface area contributed by atoms with Crippen LogP contribution in [0.4, 0.5) is 4.79 Å². The van der Waals surface area contributed by atoms with E-state index in [0.717, 1.165) is 76.0 Å². The Kier molecular flexibility index (Phi) is 10.0. The lowest BCUT2D eigenvalue weighted by atomic mass is 10.0. The zero-order valence-electron chi connectivity index (χ0n) is 23.1. The monoisotopic (exact) mass is 555 g/mol. The van der Waals surface area contributed by atoms with Gasteiger partial charge in [-0.3, -0.25) is 4.79 Å². The molecule has 1 atom stereocenters. The molecule has 0 N–H and O–H groups in total. The van der Waals surface area contributed by atoms with Crippen molar-refractivity contribution in [2.75, 3.05) is 45.5 Å². The van der Waals surface area contributed by atoms with Crippen LogP contribution in [0.2, 0.25) is 0 Å². The Balaban J connectivity index is 1.28. The van der Waals surface area contributed by atoms with Crippen molar-refractivity contribution in [2.45, 2.75) is 62.5 Å². The first-order valence-electron chi connectivity index (χ1n) is 14.1. The Morgan fingerprint density at radius 3 is 2.21 bits per heavy atom. The molecule has 0 spiro atoms. The highest BCUT2D eigenvalue weighted by atomic mass is 32.2. The van der Waals surface area contributed by atoms with Crippen molar-refractivity contribution < 1.29 is 22.7 Å². The van der Waals surface area contributed by atoms with Gasteiger partial charge in [-0.25, -0.2) is 13.2 Å². The quantitative estimate of drug-likeness (QED) is 0.434. The van der Waals surface area contributed by atoms with Crippen molar-refractivity contribution in [1.29, 1.82) is 0 Å². The Labute approximate surface area is 232 Å². The summed E-state index contributed by atoms with van der Waals surface area (Å²) >= 11 is 0. The summed E-state index contributed by atoms with van der Waals surface area (Å²) in [7, 11) is -3.25. The lowest BCUT2D eigenvalue weighted by Gasteiger charge is -2.38. The van der Waals surface area contributed by atoms with Crippen LogP contribution in [0.3, 0.4) is 0 Å². The van der Waals surface area contributed by atoms with Gasteiger partial charge >= 0.3 is 6.09 Å². The minimum atomic E-state index is -3.25. The molecule has 2 aliphatic heterocycles. The Morgan fingerprint density at radius 1 is 0.974 bits per heavy atom. The van der Waals surface area contributed by atoms with E-state index in [0.29, 0.717) is 6.54 Å². The molecule has 0 bridgehead atoms. The molecule has 4 rings (SSSR count). The molecule has 9 heteroatoms. The van der Waals surface area contributed by atoms with Crippen molar-refractivity contribution in [3.8, 4) is 0 Å². The second kappa shape index (κ2) is 13.4. The Bertz CT molecular complexity index is 1190. The van der Waals surface area contributed by atoms with E-state index in [4.69, 9.17) is 4.74 Å². The van der Waals surface area contributed by atoms with Gasteiger partial charge in [-0.05, 0) is 55.9 Å². The summed E-state index contributed by atoms with van der Waals surface area (Å²) in [5, 5.41) is 0. The first-order chi connectivity index (χ1) is 18.7. The van der Waals surface area contributed by atoms with Crippen LogP contribution in [0.5, 0.6) is 0 Å². The topological polar surface area (TPSA) is 87.2 Å². The molecule has 2 fully saturated rings. The summed E-state index contributed by atoms with van der Waals surface area (Å²) in [4.78, 5) is 32.3. The number of benzene rings is 2.